The van der Waals surface area contributed by atoms with Crippen LogP contribution in [-0.2, 0) is 4.79 Å². The molecule has 0 fully saturated rings. The van der Waals surface area contributed by atoms with Crippen LogP contribution >= 0.6 is 23.2 Å². The molecule has 3 rings (SSSR count). The highest BCUT2D eigenvalue weighted by atomic mass is 35.5. The second-order valence-electron chi connectivity index (χ2n) is 6.05. The lowest BCUT2D eigenvalue weighted by Gasteiger charge is -2.07. The molecule has 0 aromatic heterocycles. The van der Waals surface area contributed by atoms with Gasteiger partial charge >= 0.3 is 0 Å². The van der Waals surface area contributed by atoms with E-state index in [0.717, 1.165) is 10.8 Å². The molecule has 0 aliphatic heterocycles. The van der Waals surface area contributed by atoms with Crippen LogP contribution in [-0.4, -0.2) is 23.4 Å². The first-order valence-electron chi connectivity index (χ1n) is 8.71. The van der Waals surface area contributed by atoms with E-state index in [-0.39, 0.29) is 11.8 Å². The van der Waals surface area contributed by atoms with Crippen LogP contribution < -0.4 is 15.6 Å². The van der Waals surface area contributed by atoms with E-state index < -0.39 is 5.91 Å². The molecule has 8 heteroatoms. The van der Waals surface area contributed by atoms with Crippen molar-refractivity contribution < 1.29 is 9.53 Å². The summed E-state index contributed by atoms with van der Waals surface area (Å²) >= 11 is 11.9. The molecular formula is C21H18Cl2N4O2. The minimum absolute atomic E-state index is 0.107. The lowest BCUT2D eigenvalue weighted by atomic mass is 10.1. The summed E-state index contributed by atoms with van der Waals surface area (Å²) in [6.07, 6.45) is 0. The van der Waals surface area contributed by atoms with Crippen molar-refractivity contribution in [3.8, 4) is 5.75 Å². The summed E-state index contributed by atoms with van der Waals surface area (Å²) in [6, 6.07) is 20.5. The number of carbonyl (C=O) groups is 1. The fourth-order valence-electron chi connectivity index (χ4n) is 2.35. The molecule has 0 unspecified atom stereocenters. The molecule has 0 saturated carbocycles. The Hall–Kier alpha value is -3.09. The Morgan fingerprint density at radius 1 is 1.00 bits per heavy atom. The third kappa shape index (κ3) is 6.20. The number of fused-ring (bicyclic) bond motifs is 1. The van der Waals surface area contributed by atoms with Gasteiger partial charge in [-0.1, -0.05) is 53.5 Å². The average molecular weight is 429 g/mol. The molecule has 0 aliphatic rings. The van der Waals surface area contributed by atoms with Crippen molar-refractivity contribution in [2.45, 2.75) is 6.92 Å². The highest BCUT2D eigenvalue weighted by Crippen LogP contribution is 2.20. The van der Waals surface area contributed by atoms with E-state index in [0.29, 0.717) is 22.2 Å². The highest BCUT2D eigenvalue weighted by molar-refractivity contribution is 6.83. The van der Waals surface area contributed by atoms with Crippen LogP contribution in [0.2, 0.25) is 5.02 Å². The monoisotopic (exact) mass is 428 g/mol. The Morgan fingerprint density at radius 2 is 1.72 bits per heavy atom. The van der Waals surface area contributed by atoms with Crippen molar-refractivity contribution in [2.75, 3.05) is 12.0 Å². The van der Waals surface area contributed by atoms with Crippen molar-refractivity contribution >= 4 is 56.5 Å². The van der Waals surface area contributed by atoms with Gasteiger partial charge in [-0.2, -0.15) is 10.2 Å². The van der Waals surface area contributed by atoms with E-state index in [4.69, 9.17) is 27.9 Å². The first kappa shape index (κ1) is 20.6. The van der Waals surface area contributed by atoms with Gasteiger partial charge in [0.2, 0.25) is 0 Å². The van der Waals surface area contributed by atoms with Gasteiger partial charge in [-0.05, 0) is 54.1 Å². The van der Waals surface area contributed by atoms with Crippen LogP contribution in [0, 0.1) is 0 Å². The molecule has 3 aromatic rings. The molecular weight excluding hydrogens is 411 g/mol. The quantitative estimate of drug-likeness (QED) is 0.409. The zero-order valence-electron chi connectivity index (χ0n) is 15.5. The standard InChI is InChI=1S/C21H18Cl2N4O2/c1-14(21(23)27-25-18-9-7-17(22)8-10-18)24-26-20(28)13-29-19-11-6-15-4-2-3-5-16(15)12-19/h2-12,25H,13H2,1H3,(H,26,28)/b24-14-,27-21+. The molecule has 0 saturated heterocycles. The topological polar surface area (TPSA) is 75.1 Å². The van der Waals surface area contributed by atoms with Gasteiger partial charge in [0.25, 0.3) is 5.91 Å². The van der Waals surface area contributed by atoms with Gasteiger partial charge in [0, 0.05) is 5.02 Å². The number of rotatable bonds is 7. The van der Waals surface area contributed by atoms with Crippen LogP contribution in [0.3, 0.4) is 0 Å². The molecule has 0 radical (unpaired) electrons. The summed E-state index contributed by atoms with van der Waals surface area (Å²) in [5, 5.41) is 10.8. The van der Waals surface area contributed by atoms with E-state index >= 15 is 0 Å². The maximum atomic E-state index is 12.0. The van der Waals surface area contributed by atoms with Crippen LogP contribution in [0.4, 0.5) is 5.69 Å². The van der Waals surface area contributed by atoms with Crippen LogP contribution in [0.25, 0.3) is 10.8 Å². The minimum Gasteiger partial charge on any atom is -0.484 e. The summed E-state index contributed by atoms with van der Waals surface area (Å²) in [4.78, 5) is 12.0. The molecule has 6 nitrogen and oxygen atoms in total. The molecule has 0 atom stereocenters. The lowest BCUT2D eigenvalue weighted by molar-refractivity contribution is -0.123. The minimum atomic E-state index is -0.410. The van der Waals surface area contributed by atoms with Gasteiger partial charge in [-0.3, -0.25) is 10.2 Å². The van der Waals surface area contributed by atoms with Crippen molar-refractivity contribution in [2.24, 2.45) is 10.2 Å². The third-order valence-electron chi connectivity index (χ3n) is 3.87. The third-order valence-corrected chi connectivity index (χ3v) is 4.48. The van der Waals surface area contributed by atoms with Gasteiger partial charge in [-0.15, -0.1) is 0 Å². The van der Waals surface area contributed by atoms with Gasteiger partial charge in [0.15, 0.2) is 11.8 Å². The number of nitrogens with zero attached hydrogens (tertiary/aromatic N) is 2. The van der Waals surface area contributed by atoms with E-state index in [2.05, 4.69) is 21.1 Å². The Balaban J connectivity index is 1.50. The van der Waals surface area contributed by atoms with Gasteiger partial charge in [0.05, 0.1) is 11.4 Å². The maximum absolute atomic E-state index is 12.0. The highest BCUT2D eigenvalue weighted by Gasteiger charge is 2.05. The number of benzene rings is 3. The first-order chi connectivity index (χ1) is 14.0. The number of carbonyl (C=O) groups excluding carboxylic acids is 1. The number of amides is 1. The molecule has 0 bridgehead atoms. The fourth-order valence-corrected chi connectivity index (χ4v) is 2.56. The largest absolute Gasteiger partial charge is 0.484 e. The number of hydrazone groups is 2. The van der Waals surface area contributed by atoms with Crippen LogP contribution in [0.15, 0.2) is 76.9 Å². The van der Waals surface area contributed by atoms with Gasteiger partial charge < -0.3 is 4.74 Å². The van der Waals surface area contributed by atoms with E-state index in [1.165, 1.54) is 0 Å². The van der Waals surface area contributed by atoms with E-state index in [9.17, 15) is 4.79 Å². The molecule has 3 aromatic carbocycles. The molecule has 148 valence electrons. The van der Waals surface area contributed by atoms with Crippen LogP contribution in [0.5, 0.6) is 5.75 Å². The summed E-state index contributed by atoms with van der Waals surface area (Å²) in [6.45, 7) is 1.45. The van der Waals surface area contributed by atoms with Crippen molar-refractivity contribution in [1.29, 1.82) is 0 Å². The Kier molecular flexibility index (Phi) is 7.05. The van der Waals surface area contributed by atoms with Gasteiger partial charge in [0.1, 0.15) is 5.75 Å². The summed E-state index contributed by atoms with van der Waals surface area (Å²) in [5.74, 6) is 0.193. The summed E-state index contributed by atoms with van der Waals surface area (Å²) < 4.78 is 5.52. The zero-order valence-corrected chi connectivity index (χ0v) is 17.0. The average Bonchev–Trinajstić information content (AvgIpc) is 2.75. The molecule has 0 heterocycles. The Labute approximate surface area is 178 Å². The fraction of sp³-hybridized carbons (Fsp3) is 0.0952. The van der Waals surface area contributed by atoms with Crippen molar-refractivity contribution in [1.82, 2.24) is 5.43 Å². The number of anilines is 1. The predicted octanol–water partition coefficient (Wildman–Crippen LogP) is 5.03. The van der Waals surface area contributed by atoms with E-state index in [1.807, 2.05) is 42.5 Å². The number of hydrogen-bond donors (Lipinski definition) is 2. The molecule has 1 amide bonds. The normalized spacial score (nSPS) is 12.0. The number of ether oxygens (including phenoxy) is 1. The second-order valence-corrected chi connectivity index (χ2v) is 6.85. The summed E-state index contributed by atoms with van der Waals surface area (Å²) in [5.41, 5.74) is 6.23. The smallest absolute Gasteiger partial charge is 0.277 e. The predicted molar refractivity (Wildman–Crippen MR) is 119 cm³/mol. The molecule has 0 aliphatic carbocycles. The number of hydrogen-bond acceptors (Lipinski definition) is 5. The van der Waals surface area contributed by atoms with Crippen LogP contribution in [0.1, 0.15) is 6.92 Å². The number of nitrogens with one attached hydrogen (secondary N) is 2. The van der Waals surface area contributed by atoms with Gasteiger partial charge in [-0.25, -0.2) is 5.43 Å². The SMILES string of the molecule is CC(=N/NC(=O)COc1ccc2ccccc2c1)/C(Cl)=N\Nc1ccc(Cl)cc1. The molecule has 29 heavy (non-hydrogen) atoms. The molecule has 2 N–H and O–H groups in total. The maximum Gasteiger partial charge on any atom is 0.277 e. The lowest BCUT2D eigenvalue weighted by Crippen LogP contribution is -2.26. The van der Waals surface area contributed by atoms with Crippen molar-refractivity contribution in [3.05, 3.63) is 71.8 Å². The van der Waals surface area contributed by atoms with E-state index in [1.54, 1.807) is 31.2 Å². The number of halogens is 2. The first-order valence-corrected chi connectivity index (χ1v) is 9.47. The summed E-state index contributed by atoms with van der Waals surface area (Å²) in [7, 11) is 0. The second kappa shape index (κ2) is 9.91. The Bertz CT molecular complexity index is 1070. The Morgan fingerprint density at radius 3 is 2.48 bits per heavy atom. The molecule has 0 spiro atoms. The van der Waals surface area contributed by atoms with Crippen molar-refractivity contribution in [3.63, 3.8) is 0 Å². The zero-order chi connectivity index (χ0) is 20.6.